The first kappa shape index (κ1) is 27.2. The van der Waals surface area contributed by atoms with E-state index < -0.39 is 28.5 Å². The number of amides is 2. The number of carbonyl (C=O) groups is 2. The number of nitrogens with zero attached hydrogens (tertiary/aromatic N) is 2. The molecule has 7 nitrogen and oxygen atoms in total. The van der Waals surface area contributed by atoms with Crippen LogP contribution in [0.15, 0.2) is 83.8 Å². The zero-order valence-corrected chi connectivity index (χ0v) is 22.1. The van der Waals surface area contributed by atoms with Crippen LogP contribution in [0.3, 0.4) is 0 Å². The molecule has 0 aliphatic carbocycles. The molecule has 0 spiro atoms. The van der Waals surface area contributed by atoms with E-state index in [1.165, 1.54) is 30.1 Å². The highest BCUT2D eigenvalue weighted by atomic mass is 35.5. The van der Waals surface area contributed by atoms with Crippen LogP contribution < -0.4 is 9.62 Å². The Hall–Kier alpha value is -3.36. The largest absolute Gasteiger partial charge is 0.357 e. The molecular weight excluding hydrogens is 498 g/mol. The van der Waals surface area contributed by atoms with Crippen molar-refractivity contribution in [1.29, 1.82) is 0 Å². The molecule has 9 heteroatoms. The molecule has 2 amide bonds. The van der Waals surface area contributed by atoms with Crippen LogP contribution in [0, 0.1) is 6.92 Å². The highest BCUT2D eigenvalue weighted by Crippen LogP contribution is 2.27. The molecule has 3 rings (SSSR count). The summed E-state index contributed by atoms with van der Waals surface area (Å²) in [5.41, 5.74) is 2.09. The van der Waals surface area contributed by atoms with Crippen LogP contribution in [0.4, 0.5) is 5.69 Å². The molecule has 0 radical (unpaired) electrons. The summed E-state index contributed by atoms with van der Waals surface area (Å²) >= 11 is 6.17. The average molecular weight is 528 g/mol. The molecule has 0 heterocycles. The van der Waals surface area contributed by atoms with E-state index >= 15 is 0 Å². The molecule has 0 aliphatic heterocycles. The monoisotopic (exact) mass is 527 g/mol. The number of benzene rings is 3. The van der Waals surface area contributed by atoms with Gasteiger partial charge in [-0.2, -0.15) is 0 Å². The number of nitrogens with one attached hydrogen (secondary N) is 1. The third-order valence-corrected chi connectivity index (χ3v) is 7.96. The molecule has 1 atom stereocenters. The maximum Gasteiger partial charge on any atom is 0.264 e. The first-order valence-corrected chi connectivity index (χ1v) is 13.4. The minimum absolute atomic E-state index is 0.0431. The molecular formula is C27H30ClN3O4S. The summed E-state index contributed by atoms with van der Waals surface area (Å²) < 4.78 is 28.4. The predicted molar refractivity (Wildman–Crippen MR) is 142 cm³/mol. The third-order valence-electron chi connectivity index (χ3n) is 5.94. The van der Waals surface area contributed by atoms with Gasteiger partial charge in [-0.1, -0.05) is 67.1 Å². The topological polar surface area (TPSA) is 86.8 Å². The summed E-state index contributed by atoms with van der Waals surface area (Å²) in [5, 5.41) is 2.95. The van der Waals surface area contributed by atoms with E-state index in [0.29, 0.717) is 11.4 Å². The van der Waals surface area contributed by atoms with Crippen molar-refractivity contribution in [1.82, 2.24) is 10.2 Å². The van der Waals surface area contributed by atoms with Crippen LogP contribution in [0.2, 0.25) is 5.02 Å². The SMILES string of the molecule is CC[C@H](C(=O)NC)N(Cc1ccccc1C)C(=O)CN(c1cccc(Cl)c1)S(=O)(=O)c1ccccc1. The quantitative estimate of drug-likeness (QED) is 0.423. The van der Waals surface area contributed by atoms with Crippen molar-refractivity contribution in [2.45, 2.75) is 37.8 Å². The average Bonchev–Trinajstić information content (AvgIpc) is 2.88. The van der Waals surface area contributed by atoms with Gasteiger partial charge in [0.25, 0.3) is 10.0 Å². The lowest BCUT2D eigenvalue weighted by Crippen LogP contribution is -2.51. The van der Waals surface area contributed by atoms with Gasteiger partial charge < -0.3 is 10.2 Å². The van der Waals surface area contributed by atoms with E-state index in [2.05, 4.69) is 5.32 Å². The molecule has 0 bridgehead atoms. The van der Waals surface area contributed by atoms with Crippen molar-refractivity contribution < 1.29 is 18.0 Å². The number of rotatable bonds is 10. The molecule has 190 valence electrons. The maximum absolute atomic E-state index is 13.8. The normalized spacial score (nSPS) is 12.0. The van der Waals surface area contributed by atoms with E-state index in [1.54, 1.807) is 36.4 Å². The molecule has 3 aromatic carbocycles. The number of hydrogen-bond donors (Lipinski definition) is 1. The number of carbonyl (C=O) groups excluding carboxylic acids is 2. The van der Waals surface area contributed by atoms with Gasteiger partial charge in [-0.25, -0.2) is 8.42 Å². The smallest absolute Gasteiger partial charge is 0.264 e. The number of likely N-dealkylation sites (N-methyl/N-ethyl adjacent to an activating group) is 1. The van der Waals surface area contributed by atoms with Gasteiger partial charge in [0.15, 0.2) is 0 Å². The van der Waals surface area contributed by atoms with Gasteiger partial charge in [0.05, 0.1) is 10.6 Å². The van der Waals surface area contributed by atoms with Crippen LogP contribution in [0.25, 0.3) is 0 Å². The highest BCUT2D eigenvalue weighted by Gasteiger charge is 2.33. The Morgan fingerprint density at radius 1 is 0.972 bits per heavy atom. The first-order valence-electron chi connectivity index (χ1n) is 11.6. The van der Waals surface area contributed by atoms with Crippen molar-refractivity contribution in [3.63, 3.8) is 0 Å². The van der Waals surface area contributed by atoms with E-state index in [4.69, 9.17) is 11.6 Å². The van der Waals surface area contributed by atoms with Crippen molar-refractivity contribution in [3.8, 4) is 0 Å². The van der Waals surface area contributed by atoms with Gasteiger partial charge >= 0.3 is 0 Å². The zero-order valence-electron chi connectivity index (χ0n) is 20.5. The molecule has 36 heavy (non-hydrogen) atoms. The Balaban J connectivity index is 2.06. The molecule has 3 aromatic rings. The minimum Gasteiger partial charge on any atom is -0.357 e. The number of hydrogen-bond acceptors (Lipinski definition) is 4. The number of sulfonamides is 1. The van der Waals surface area contributed by atoms with Gasteiger partial charge in [-0.05, 0) is 54.8 Å². The lowest BCUT2D eigenvalue weighted by Gasteiger charge is -2.33. The molecule has 0 fully saturated rings. The van der Waals surface area contributed by atoms with Gasteiger partial charge in [0.1, 0.15) is 12.6 Å². The summed E-state index contributed by atoms with van der Waals surface area (Å²) in [5.74, 6) is -0.826. The Morgan fingerprint density at radius 2 is 1.64 bits per heavy atom. The zero-order chi connectivity index (χ0) is 26.3. The van der Waals surface area contributed by atoms with E-state index in [9.17, 15) is 18.0 Å². The fraction of sp³-hybridized carbons (Fsp3) is 0.259. The first-order chi connectivity index (χ1) is 17.2. The summed E-state index contributed by atoms with van der Waals surface area (Å²) in [4.78, 5) is 28.0. The fourth-order valence-corrected chi connectivity index (χ4v) is 5.55. The lowest BCUT2D eigenvalue weighted by molar-refractivity contribution is -0.140. The minimum atomic E-state index is -4.11. The molecule has 1 N–H and O–H groups in total. The van der Waals surface area contributed by atoms with E-state index in [0.717, 1.165) is 15.4 Å². The van der Waals surface area contributed by atoms with Crippen LogP contribution in [-0.2, 0) is 26.2 Å². The van der Waals surface area contributed by atoms with E-state index in [1.807, 2.05) is 38.1 Å². The molecule has 0 aliphatic rings. The van der Waals surface area contributed by atoms with E-state index in [-0.39, 0.29) is 23.0 Å². The number of anilines is 1. The van der Waals surface area contributed by atoms with Gasteiger partial charge in [0.2, 0.25) is 11.8 Å². The van der Waals surface area contributed by atoms with Crippen molar-refractivity contribution in [3.05, 3.63) is 95.0 Å². The van der Waals surface area contributed by atoms with Crippen molar-refractivity contribution in [2.75, 3.05) is 17.9 Å². The summed E-state index contributed by atoms with van der Waals surface area (Å²) in [6, 6.07) is 21.0. The second-order valence-electron chi connectivity index (χ2n) is 8.29. The molecule has 0 unspecified atom stereocenters. The Bertz CT molecular complexity index is 1320. The highest BCUT2D eigenvalue weighted by molar-refractivity contribution is 7.92. The maximum atomic E-state index is 13.8. The Morgan fingerprint density at radius 3 is 2.25 bits per heavy atom. The van der Waals surface area contributed by atoms with Crippen molar-refractivity contribution >= 4 is 39.1 Å². The number of aryl methyl sites for hydroxylation is 1. The van der Waals surface area contributed by atoms with Crippen LogP contribution in [-0.4, -0.2) is 44.8 Å². The summed E-state index contributed by atoms with van der Waals surface area (Å²) in [6.45, 7) is 3.40. The van der Waals surface area contributed by atoms with Gasteiger partial charge in [-0.15, -0.1) is 0 Å². The standard InChI is InChI=1S/C27H30ClN3O4S/c1-4-25(27(33)29-3)30(18-21-12-9-8-11-20(21)2)26(32)19-31(23-14-10-13-22(28)17-23)36(34,35)24-15-6-5-7-16-24/h5-17,25H,4,18-19H2,1-3H3,(H,29,33)/t25-/m1/s1. The van der Waals surface area contributed by atoms with Crippen LogP contribution in [0.1, 0.15) is 24.5 Å². The Kier molecular flexibility index (Phi) is 9.12. The second kappa shape index (κ2) is 12.1. The second-order valence-corrected chi connectivity index (χ2v) is 10.6. The number of halogens is 1. The van der Waals surface area contributed by atoms with Crippen LogP contribution in [0.5, 0.6) is 0 Å². The van der Waals surface area contributed by atoms with Gasteiger partial charge in [0, 0.05) is 18.6 Å². The Labute approximate surface area is 217 Å². The van der Waals surface area contributed by atoms with Crippen LogP contribution >= 0.6 is 11.6 Å². The molecule has 0 aromatic heterocycles. The molecule has 0 saturated heterocycles. The summed E-state index contributed by atoms with van der Waals surface area (Å²) in [6.07, 6.45) is 0.361. The summed E-state index contributed by atoms with van der Waals surface area (Å²) in [7, 11) is -2.60. The third kappa shape index (κ3) is 6.25. The lowest BCUT2D eigenvalue weighted by atomic mass is 10.1. The predicted octanol–water partition coefficient (Wildman–Crippen LogP) is 4.40. The molecule has 0 saturated carbocycles. The van der Waals surface area contributed by atoms with Gasteiger partial charge in [-0.3, -0.25) is 13.9 Å². The fourth-order valence-electron chi connectivity index (χ4n) is 3.94. The van der Waals surface area contributed by atoms with Crippen molar-refractivity contribution in [2.24, 2.45) is 0 Å².